The van der Waals surface area contributed by atoms with E-state index in [4.69, 9.17) is 10.6 Å². The van der Waals surface area contributed by atoms with E-state index in [1.165, 1.54) is 48.8 Å². The van der Waals surface area contributed by atoms with Crippen LogP contribution in [0.1, 0.15) is 41.3 Å². The molecule has 2 aliphatic rings. The number of hydrogen-bond donors (Lipinski definition) is 7. The Balaban J connectivity index is 1.14. The number of carbonyl (C=O) groups excluding carboxylic acids is 4. The number of fused-ring (bicyclic) bond motifs is 2. The van der Waals surface area contributed by atoms with Crippen molar-refractivity contribution in [2.24, 2.45) is 5.16 Å². The highest BCUT2D eigenvalue weighted by Crippen LogP contribution is 2.42. The molecule has 3 aromatic heterocycles. The van der Waals surface area contributed by atoms with E-state index in [1.54, 1.807) is 4.52 Å². The first-order chi connectivity index (χ1) is 25.5. The third-order valence-corrected chi connectivity index (χ3v) is 11.1. The number of phenols is 2. The topological polar surface area (TPSA) is 276 Å². The average molecular weight is 797 g/mol. The number of nitrogens with zero attached hydrogens (tertiary/aromatic N) is 6. The number of rotatable bonds is 11. The van der Waals surface area contributed by atoms with Crippen molar-refractivity contribution in [1.29, 1.82) is 0 Å². The Labute approximate surface area is 318 Å². The molecule has 0 spiro atoms. The molecular formula is C32H32N10O9S3. The molecule has 0 aliphatic carbocycles. The quantitative estimate of drug-likeness (QED) is 0.0281. The molecule has 8 N–H and O–H groups in total. The number of hydrogen-bond acceptors (Lipinski definition) is 16. The maximum atomic E-state index is 13.6. The molecule has 0 bridgehead atoms. The number of nitrogens with one attached hydrogen (secondary N) is 3. The van der Waals surface area contributed by atoms with E-state index in [0.717, 1.165) is 44.8 Å². The number of β-lactam (4-membered cyclic amide) rings is 1. The number of thiazole rings is 1. The molecule has 0 radical (unpaired) electrons. The molecule has 19 nitrogen and oxygen atoms in total. The van der Waals surface area contributed by atoms with Crippen LogP contribution in [-0.2, 0) is 24.0 Å². The first-order valence-electron chi connectivity index (χ1n) is 15.8. The molecule has 282 valence electrons. The molecule has 4 aromatic rings. The number of aryl methyl sites for hydroxylation is 2. The summed E-state index contributed by atoms with van der Waals surface area (Å²) in [5, 5.41) is 41.8. The minimum absolute atomic E-state index is 0.0233. The number of benzene rings is 1. The van der Waals surface area contributed by atoms with Crippen molar-refractivity contribution in [2.75, 3.05) is 17.2 Å². The highest BCUT2D eigenvalue weighted by Gasteiger charge is 2.54. The molecule has 1 fully saturated rings. The maximum absolute atomic E-state index is 13.6. The van der Waals surface area contributed by atoms with Gasteiger partial charge in [-0.15, -0.1) is 34.9 Å². The number of anilines is 1. The Morgan fingerprint density at radius 1 is 1.09 bits per heavy atom. The Hall–Kier alpha value is -5.87. The standard InChI is InChI=1S/C32H32N10O9S3/c1-13-8-21(42-20(34-13)7-14(2)39-42)52-10-16-11-53-28-23(27(47)41(28)24(16)29(48)49)36-26(46)22(17-12-54-31(33)35-17)40-51-32(3,4)30(50)38-37-25(45)15-5-6-18(43)19(44)9-15/h5-9,12,23,28,43-44H,10-11H2,1-4H3,(H2,33,35)(H,36,46)(H,37,45)(H,38,50)(H,48,49)/t23?,28-/m0/s1. The second-order valence-electron chi connectivity index (χ2n) is 12.4. The highest BCUT2D eigenvalue weighted by molar-refractivity contribution is 8.01. The van der Waals surface area contributed by atoms with Gasteiger partial charge in [-0.3, -0.25) is 34.9 Å². The zero-order valence-electron chi connectivity index (χ0n) is 28.8. The van der Waals surface area contributed by atoms with Crippen LogP contribution in [0, 0.1) is 13.8 Å². The SMILES string of the molecule is Cc1cc(SCC2=C(C(=O)O)N3C(=O)C(NC(=O)C(=NOC(C)(C)C(=O)NNC(=O)c4ccc(O)c(O)c4)c4csc(N)n4)[C@@H]3SC2)n2nc(C)cc2n1. The van der Waals surface area contributed by atoms with Gasteiger partial charge in [0, 0.05) is 34.2 Å². The fraction of sp³-hybridized carbons (Fsp3) is 0.281. The summed E-state index contributed by atoms with van der Waals surface area (Å²) in [6.45, 7) is 6.29. The first kappa shape index (κ1) is 37.9. The third kappa shape index (κ3) is 7.61. The lowest BCUT2D eigenvalue weighted by Gasteiger charge is -2.49. The van der Waals surface area contributed by atoms with Crippen molar-refractivity contribution < 1.29 is 44.1 Å². The number of aromatic hydroxyl groups is 2. The Kier molecular flexibility index (Phi) is 10.4. The molecule has 5 heterocycles. The van der Waals surface area contributed by atoms with Crippen molar-refractivity contribution in [3.05, 3.63) is 69.6 Å². The van der Waals surface area contributed by atoms with Crippen LogP contribution in [0.4, 0.5) is 5.13 Å². The van der Waals surface area contributed by atoms with E-state index < -0.39 is 63.8 Å². The number of hydrazine groups is 1. The number of thioether (sulfide) groups is 2. The van der Waals surface area contributed by atoms with Crippen LogP contribution in [0.3, 0.4) is 0 Å². The fourth-order valence-electron chi connectivity index (χ4n) is 5.25. The van der Waals surface area contributed by atoms with Gasteiger partial charge in [0.2, 0.25) is 5.60 Å². The molecule has 0 saturated carbocycles. The highest BCUT2D eigenvalue weighted by atomic mass is 32.2. The van der Waals surface area contributed by atoms with Gasteiger partial charge in [0.15, 0.2) is 28.0 Å². The Morgan fingerprint density at radius 2 is 1.85 bits per heavy atom. The zero-order valence-corrected chi connectivity index (χ0v) is 31.3. The number of oxime groups is 1. The lowest BCUT2D eigenvalue weighted by molar-refractivity contribution is -0.150. The minimum Gasteiger partial charge on any atom is -0.504 e. The minimum atomic E-state index is -1.80. The first-order valence-corrected chi connectivity index (χ1v) is 18.7. The molecule has 6 rings (SSSR count). The smallest absolute Gasteiger partial charge is 0.352 e. The Morgan fingerprint density at radius 3 is 2.54 bits per heavy atom. The van der Waals surface area contributed by atoms with E-state index >= 15 is 0 Å². The van der Waals surface area contributed by atoms with E-state index in [9.17, 15) is 39.3 Å². The second kappa shape index (κ2) is 14.9. The maximum Gasteiger partial charge on any atom is 0.352 e. The van der Waals surface area contributed by atoms with Crippen molar-refractivity contribution in [3.63, 3.8) is 0 Å². The normalized spacial score (nSPS) is 17.1. The van der Waals surface area contributed by atoms with Gasteiger partial charge in [-0.1, -0.05) is 5.16 Å². The number of nitrogens with two attached hydrogens (primary N) is 1. The summed E-state index contributed by atoms with van der Waals surface area (Å²) < 4.78 is 1.68. The summed E-state index contributed by atoms with van der Waals surface area (Å²) in [4.78, 5) is 80.2. The van der Waals surface area contributed by atoms with Crippen LogP contribution in [0.5, 0.6) is 11.5 Å². The number of nitrogen functional groups attached to an aromatic ring is 1. The summed E-state index contributed by atoms with van der Waals surface area (Å²) in [5.41, 5.74) is 10.3. The van der Waals surface area contributed by atoms with Crippen LogP contribution in [-0.4, -0.2) is 104 Å². The molecule has 1 saturated heterocycles. The van der Waals surface area contributed by atoms with Crippen molar-refractivity contribution >= 4 is 80.9 Å². The molecule has 22 heteroatoms. The molecule has 1 unspecified atom stereocenters. The molecule has 1 aromatic carbocycles. The number of aromatic nitrogens is 4. The van der Waals surface area contributed by atoms with Crippen molar-refractivity contribution in [3.8, 4) is 11.5 Å². The number of aliphatic carboxylic acids is 1. The van der Waals surface area contributed by atoms with Crippen LogP contribution < -0.4 is 21.9 Å². The van der Waals surface area contributed by atoms with Crippen LogP contribution in [0.15, 0.2) is 57.2 Å². The Bertz CT molecular complexity index is 2290. The average Bonchev–Trinajstić information content (AvgIpc) is 3.72. The van der Waals surface area contributed by atoms with Crippen molar-refractivity contribution in [1.82, 2.24) is 40.7 Å². The van der Waals surface area contributed by atoms with Gasteiger partial charge in [-0.25, -0.2) is 19.3 Å². The van der Waals surface area contributed by atoms with E-state index in [0.29, 0.717) is 11.2 Å². The summed E-state index contributed by atoms with van der Waals surface area (Å²) >= 11 is 3.65. The molecular weight excluding hydrogens is 765 g/mol. The summed E-state index contributed by atoms with van der Waals surface area (Å²) in [6, 6.07) is 5.86. The number of phenolic OH excluding ortho intramolecular Hbond substituents is 2. The summed E-state index contributed by atoms with van der Waals surface area (Å²) in [5.74, 6) is -5.03. The van der Waals surface area contributed by atoms with Gasteiger partial charge < -0.3 is 31.2 Å². The van der Waals surface area contributed by atoms with Crippen molar-refractivity contribution in [2.45, 2.75) is 49.7 Å². The summed E-state index contributed by atoms with van der Waals surface area (Å²) in [6.07, 6.45) is 0. The van der Waals surface area contributed by atoms with E-state index in [-0.39, 0.29) is 33.6 Å². The largest absolute Gasteiger partial charge is 0.504 e. The molecule has 4 amide bonds. The van der Waals surface area contributed by atoms with Crippen LogP contribution in [0.25, 0.3) is 5.65 Å². The lowest BCUT2D eigenvalue weighted by atomic mass is 10.0. The van der Waals surface area contributed by atoms with Crippen LogP contribution in [0.2, 0.25) is 0 Å². The molecule has 2 aliphatic heterocycles. The number of carboxylic acids is 1. The second-order valence-corrected chi connectivity index (χ2v) is 15.4. The zero-order chi connectivity index (χ0) is 39.1. The molecule has 54 heavy (non-hydrogen) atoms. The lowest BCUT2D eigenvalue weighted by Crippen LogP contribution is -2.71. The predicted octanol–water partition coefficient (Wildman–Crippen LogP) is 1.29. The predicted molar refractivity (Wildman–Crippen MR) is 196 cm³/mol. The van der Waals surface area contributed by atoms with Crippen LogP contribution >= 0.6 is 34.9 Å². The van der Waals surface area contributed by atoms with E-state index in [2.05, 4.69) is 36.4 Å². The van der Waals surface area contributed by atoms with Gasteiger partial charge in [0.05, 0.1) is 5.69 Å². The molecule has 2 atom stereocenters. The van der Waals surface area contributed by atoms with Gasteiger partial charge in [0.1, 0.15) is 27.8 Å². The van der Waals surface area contributed by atoms with Gasteiger partial charge in [-0.05, 0) is 57.5 Å². The summed E-state index contributed by atoms with van der Waals surface area (Å²) in [7, 11) is 0. The number of carbonyl (C=O) groups is 5. The number of amides is 4. The number of carboxylic acid groups (broad SMARTS) is 1. The third-order valence-electron chi connectivity index (χ3n) is 7.99. The monoisotopic (exact) mass is 796 g/mol. The van der Waals surface area contributed by atoms with E-state index in [1.807, 2.05) is 26.0 Å². The fourth-order valence-corrected chi connectivity index (χ4v) is 8.35. The van der Waals surface area contributed by atoms with Gasteiger partial charge >= 0.3 is 5.97 Å². The van der Waals surface area contributed by atoms with Gasteiger partial charge in [0.25, 0.3) is 23.6 Å². The van der Waals surface area contributed by atoms with Gasteiger partial charge in [-0.2, -0.15) is 5.10 Å².